The van der Waals surface area contributed by atoms with Crippen LogP contribution in [0.1, 0.15) is 13.3 Å². The third-order valence-corrected chi connectivity index (χ3v) is 2.11. The molecule has 0 spiro atoms. The summed E-state index contributed by atoms with van der Waals surface area (Å²) in [6, 6.07) is 3.77. The Kier molecular flexibility index (Phi) is 3.71. The predicted octanol–water partition coefficient (Wildman–Crippen LogP) is 0.871. The van der Waals surface area contributed by atoms with Crippen LogP contribution in [0.25, 0.3) is 0 Å². The molecule has 0 bridgehead atoms. The highest BCUT2D eigenvalue weighted by Crippen LogP contribution is 2.18. The van der Waals surface area contributed by atoms with Crippen LogP contribution >= 0.6 is 0 Å². The van der Waals surface area contributed by atoms with Gasteiger partial charge < -0.3 is 15.7 Å². The van der Waals surface area contributed by atoms with Gasteiger partial charge in [0.1, 0.15) is 5.82 Å². The number of hydrogen-bond acceptors (Lipinski definition) is 4. The molecule has 1 unspecified atom stereocenters. The molecule has 0 radical (unpaired) electrons. The van der Waals surface area contributed by atoms with Crippen LogP contribution in [0, 0.1) is 0 Å². The molecule has 0 aliphatic carbocycles. The first-order valence-corrected chi connectivity index (χ1v) is 4.71. The van der Waals surface area contributed by atoms with Gasteiger partial charge in [0.15, 0.2) is 0 Å². The molecule has 4 nitrogen and oxygen atoms in total. The fourth-order valence-corrected chi connectivity index (χ4v) is 1.23. The molecule has 1 aromatic rings. The number of pyridine rings is 1. The zero-order valence-electron chi connectivity index (χ0n) is 8.64. The molecule has 78 valence electrons. The SMILES string of the molecule is CC(O)CCN(C)c1cccnc1N. The summed E-state index contributed by atoms with van der Waals surface area (Å²) in [6.45, 7) is 2.55. The maximum Gasteiger partial charge on any atom is 0.146 e. The Hall–Kier alpha value is -1.29. The summed E-state index contributed by atoms with van der Waals surface area (Å²) in [7, 11) is 1.94. The zero-order valence-corrected chi connectivity index (χ0v) is 8.64. The van der Waals surface area contributed by atoms with Crippen LogP contribution in [0.2, 0.25) is 0 Å². The van der Waals surface area contributed by atoms with Gasteiger partial charge in [0.2, 0.25) is 0 Å². The van der Waals surface area contributed by atoms with E-state index in [4.69, 9.17) is 10.8 Å². The molecular formula is C10H17N3O. The van der Waals surface area contributed by atoms with E-state index in [1.165, 1.54) is 0 Å². The van der Waals surface area contributed by atoms with Crippen LogP contribution < -0.4 is 10.6 Å². The lowest BCUT2D eigenvalue weighted by Gasteiger charge is -2.20. The van der Waals surface area contributed by atoms with E-state index >= 15 is 0 Å². The largest absolute Gasteiger partial charge is 0.393 e. The number of nitrogens with two attached hydrogens (primary N) is 1. The second kappa shape index (κ2) is 4.81. The Morgan fingerprint density at radius 1 is 1.64 bits per heavy atom. The molecule has 4 heteroatoms. The lowest BCUT2D eigenvalue weighted by atomic mass is 10.2. The van der Waals surface area contributed by atoms with Gasteiger partial charge in [-0.1, -0.05) is 0 Å². The molecule has 0 aliphatic rings. The van der Waals surface area contributed by atoms with Crippen LogP contribution in [0.3, 0.4) is 0 Å². The molecule has 14 heavy (non-hydrogen) atoms. The Labute approximate surface area is 84.4 Å². The molecule has 1 heterocycles. The van der Waals surface area contributed by atoms with Crippen LogP contribution in [0.5, 0.6) is 0 Å². The molecule has 0 aromatic carbocycles. The summed E-state index contributed by atoms with van der Waals surface area (Å²) in [6.07, 6.45) is 2.11. The Bertz CT molecular complexity index is 288. The molecule has 0 aliphatic heterocycles. The highest BCUT2D eigenvalue weighted by atomic mass is 16.3. The second-order valence-corrected chi connectivity index (χ2v) is 3.47. The van der Waals surface area contributed by atoms with Crippen molar-refractivity contribution in [2.45, 2.75) is 19.4 Å². The van der Waals surface area contributed by atoms with Gasteiger partial charge in [-0.2, -0.15) is 0 Å². The molecule has 1 rings (SSSR count). The van der Waals surface area contributed by atoms with Crippen molar-refractivity contribution in [3.05, 3.63) is 18.3 Å². The average Bonchev–Trinajstić information content (AvgIpc) is 2.15. The number of nitrogen functional groups attached to an aromatic ring is 1. The van der Waals surface area contributed by atoms with Gasteiger partial charge in [0.25, 0.3) is 0 Å². The summed E-state index contributed by atoms with van der Waals surface area (Å²) in [5, 5.41) is 9.14. The van der Waals surface area contributed by atoms with Gasteiger partial charge in [0.05, 0.1) is 11.8 Å². The molecule has 0 fully saturated rings. The number of aromatic nitrogens is 1. The first kappa shape index (κ1) is 10.8. The van der Waals surface area contributed by atoms with Crippen LogP contribution in [0.15, 0.2) is 18.3 Å². The average molecular weight is 195 g/mol. The van der Waals surface area contributed by atoms with E-state index in [0.29, 0.717) is 5.82 Å². The van der Waals surface area contributed by atoms with Crippen LogP contribution in [-0.4, -0.2) is 29.8 Å². The Morgan fingerprint density at radius 3 is 2.93 bits per heavy atom. The summed E-state index contributed by atoms with van der Waals surface area (Å²) in [4.78, 5) is 6.00. The minimum Gasteiger partial charge on any atom is -0.393 e. The number of aliphatic hydroxyl groups excluding tert-OH is 1. The van der Waals surface area contributed by atoms with Crippen molar-refractivity contribution in [1.29, 1.82) is 0 Å². The first-order chi connectivity index (χ1) is 6.61. The molecule has 0 saturated carbocycles. The van der Waals surface area contributed by atoms with Crippen molar-refractivity contribution in [3.63, 3.8) is 0 Å². The Morgan fingerprint density at radius 2 is 2.36 bits per heavy atom. The molecule has 0 saturated heterocycles. The lowest BCUT2D eigenvalue weighted by molar-refractivity contribution is 0.187. The number of hydrogen-bond donors (Lipinski definition) is 2. The maximum atomic E-state index is 9.14. The van der Waals surface area contributed by atoms with Crippen LogP contribution in [-0.2, 0) is 0 Å². The van der Waals surface area contributed by atoms with E-state index in [2.05, 4.69) is 4.98 Å². The van der Waals surface area contributed by atoms with E-state index < -0.39 is 0 Å². The molecule has 3 N–H and O–H groups in total. The maximum absolute atomic E-state index is 9.14. The normalized spacial score (nSPS) is 12.5. The highest BCUT2D eigenvalue weighted by Gasteiger charge is 2.06. The summed E-state index contributed by atoms with van der Waals surface area (Å²) < 4.78 is 0. The molecular weight excluding hydrogens is 178 g/mol. The summed E-state index contributed by atoms with van der Waals surface area (Å²) in [5.74, 6) is 0.528. The minimum absolute atomic E-state index is 0.282. The fourth-order valence-electron chi connectivity index (χ4n) is 1.23. The van der Waals surface area contributed by atoms with Crippen molar-refractivity contribution in [2.75, 3.05) is 24.2 Å². The van der Waals surface area contributed by atoms with E-state index in [-0.39, 0.29) is 6.10 Å². The summed E-state index contributed by atoms with van der Waals surface area (Å²) >= 11 is 0. The van der Waals surface area contributed by atoms with Crippen LogP contribution in [0.4, 0.5) is 11.5 Å². The minimum atomic E-state index is -0.282. The van der Waals surface area contributed by atoms with Crippen molar-refractivity contribution in [2.24, 2.45) is 0 Å². The molecule has 0 amide bonds. The fraction of sp³-hybridized carbons (Fsp3) is 0.500. The van der Waals surface area contributed by atoms with Crippen molar-refractivity contribution >= 4 is 11.5 Å². The van der Waals surface area contributed by atoms with E-state index in [1.807, 2.05) is 24.1 Å². The van der Waals surface area contributed by atoms with Gasteiger partial charge >= 0.3 is 0 Å². The van der Waals surface area contributed by atoms with Gasteiger partial charge in [-0.25, -0.2) is 4.98 Å². The predicted molar refractivity (Wildman–Crippen MR) is 58.2 cm³/mol. The highest BCUT2D eigenvalue weighted by molar-refractivity contribution is 5.62. The third kappa shape index (κ3) is 2.88. The van der Waals surface area contributed by atoms with Gasteiger partial charge in [-0.15, -0.1) is 0 Å². The standard InChI is InChI=1S/C10H17N3O/c1-8(14)5-7-13(2)9-4-3-6-12-10(9)11/h3-4,6,8,14H,5,7H2,1-2H3,(H2,11,12). The summed E-state index contributed by atoms with van der Waals surface area (Å²) in [5.41, 5.74) is 6.62. The number of aliphatic hydroxyl groups is 1. The van der Waals surface area contributed by atoms with Gasteiger partial charge in [-0.05, 0) is 25.5 Å². The van der Waals surface area contributed by atoms with E-state index in [0.717, 1.165) is 18.7 Å². The number of nitrogens with zero attached hydrogens (tertiary/aromatic N) is 2. The number of anilines is 2. The third-order valence-electron chi connectivity index (χ3n) is 2.11. The van der Waals surface area contributed by atoms with Gasteiger partial charge in [-0.3, -0.25) is 0 Å². The monoisotopic (exact) mass is 195 g/mol. The van der Waals surface area contributed by atoms with Crippen molar-refractivity contribution in [3.8, 4) is 0 Å². The molecule has 1 aromatic heterocycles. The smallest absolute Gasteiger partial charge is 0.146 e. The lowest BCUT2D eigenvalue weighted by Crippen LogP contribution is -2.22. The zero-order chi connectivity index (χ0) is 10.6. The Balaban J connectivity index is 2.60. The first-order valence-electron chi connectivity index (χ1n) is 4.71. The van der Waals surface area contributed by atoms with E-state index in [9.17, 15) is 0 Å². The second-order valence-electron chi connectivity index (χ2n) is 3.47. The topological polar surface area (TPSA) is 62.4 Å². The van der Waals surface area contributed by atoms with Gasteiger partial charge in [0, 0.05) is 19.8 Å². The van der Waals surface area contributed by atoms with Crippen molar-refractivity contribution < 1.29 is 5.11 Å². The van der Waals surface area contributed by atoms with Crippen molar-refractivity contribution in [1.82, 2.24) is 4.98 Å². The molecule has 1 atom stereocenters. The number of rotatable bonds is 4. The van der Waals surface area contributed by atoms with E-state index in [1.54, 1.807) is 13.1 Å². The quantitative estimate of drug-likeness (QED) is 0.748.